The van der Waals surface area contributed by atoms with Crippen LogP contribution in [0.4, 0.5) is 0 Å². The van der Waals surface area contributed by atoms with Gasteiger partial charge in [0.05, 0.1) is 10.9 Å². The number of H-pyrrole nitrogens is 1. The molecule has 1 N–H and O–H groups in total. The van der Waals surface area contributed by atoms with Gasteiger partial charge in [0.25, 0.3) is 5.56 Å². The van der Waals surface area contributed by atoms with E-state index >= 15 is 0 Å². The van der Waals surface area contributed by atoms with Crippen LogP contribution < -0.4 is 5.56 Å². The number of carbonyl (C=O) groups excluding carboxylic acids is 1. The lowest BCUT2D eigenvalue weighted by Crippen LogP contribution is -2.52. The number of likely N-dealkylation sites (tertiary alicyclic amines) is 1. The molecule has 0 atom stereocenters. The van der Waals surface area contributed by atoms with Crippen molar-refractivity contribution < 1.29 is 4.79 Å². The van der Waals surface area contributed by atoms with Crippen molar-refractivity contribution in [2.75, 3.05) is 13.1 Å². The summed E-state index contributed by atoms with van der Waals surface area (Å²) in [6, 6.07) is 1.77. The maximum Gasteiger partial charge on any atom is 0.262 e. The van der Waals surface area contributed by atoms with Gasteiger partial charge in [-0.1, -0.05) is 0 Å². The Hall–Kier alpha value is -1.10. The van der Waals surface area contributed by atoms with Gasteiger partial charge >= 0.3 is 0 Å². The van der Waals surface area contributed by atoms with E-state index in [1.165, 1.54) is 12.8 Å². The topological polar surface area (TPSA) is 53.2 Å². The number of hydrogen-bond donors (Lipinski definition) is 1. The Bertz CT molecular complexity index is 526. The van der Waals surface area contributed by atoms with E-state index in [0.29, 0.717) is 16.3 Å². The van der Waals surface area contributed by atoms with Crippen LogP contribution in [0, 0.1) is 5.41 Å². The molecule has 0 unspecified atom stereocenters. The van der Waals surface area contributed by atoms with Crippen LogP contribution in [0.3, 0.4) is 0 Å². The van der Waals surface area contributed by atoms with Gasteiger partial charge < -0.3 is 9.88 Å². The van der Waals surface area contributed by atoms with Crippen LogP contribution in [0.15, 0.2) is 21.5 Å². The maximum atomic E-state index is 12.0. The predicted octanol–water partition coefficient (Wildman–Crippen LogP) is 1.30. The first-order chi connectivity index (χ1) is 8.10. The molecule has 1 spiro atoms. The summed E-state index contributed by atoms with van der Waals surface area (Å²) in [6.45, 7) is 1.82. The van der Waals surface area contributed by atoms with Crippen LogP contribution in [-0.4, -0.2) is 28.9 Å². The average Bonchev–Trinajstić information content (AvgIpc) is 3.02. The van der Waals surface area contributed by atoms with Crippen LogP contribution in [0.1, 0.15) is 18.4 Å². The van der Waals surface area contributed by atoms with Gasteiger partial charge in [0.1, 0.15) is 0 Å². The quantitative estimate of drug-likeness (QED) is 0.894. The SMILES string of the molecule is O=C(Cc1cc[nH]c(=O)c1Br)N1CC2(CC2)C1. The van der Waals surface area contributed by atoms with Crippen LogP contribution in [-0.2, 0) is 11.2 Å². The van der Waals surface area contributed by atoms with Crippen LogP contribution in [0.25, 0.3) is 0 Å². The van der Waals surface area contributed by atoms with Gasteiger partial charge in [-0.05, 0) is 40.4 Å². The second-order valence-electron chi connectivity index (χ2n) is 5.07. The normalized spacial score (nSPS) is 20.2. The lowest BCUT2D eigenvalue weighted by Gasteiger charge is -2.40. The highest BCUT2D eigenvalue weighted by Crippen LogP contribution is 2.52. The zero-order valence-corrected chi connectivity index (χ0v) is 10.9. The van der Waals surface area contributed by atoms with Crippen molar-refractivity contribution in [3.8, 4) is 0 Å². The number of halogens is 1. The van der Waals surface area contributed by atoms with Crippen molar-refractivity contribution >= 4 is 21.8 Å². The Morgan fingerprint density at radius 2 is 2.18 bits per heavy atom. The van der Waals surface area contributed by atoms with Crippen LogP contribution >= 0.6 is 15.9 Å². The van der Waals surface area contributed by atoms with E-state index in [4.69, 9.17) is 0 Å². The largest absolute Gasteiger partial charge is 0.341 e. The molecule has 1 amide bonds. The first-order valence-corrected chi connectivity index (χ1v) is 6.53. The Morgan fingerprint density at radius 1 is 1.47 bits per heavy atom. The molecule has 5 heteroatoms. The number of rotatable bonds is 2. The van der Waals surface area contributed by atoms with Gasteiger partial charge in [-0.25, -0.2) is 0 Å². The fraction of sp³-hybridized carbons (Fsp3) is 0.500. The molecule has 17 heavy (non-hydrogen) atoms. The standard InChI is InChI=1S/C12H13BrN2O2/c13-10-8(1-4-14-11(10)17)5-9(16)15-6-12(7-15)2-3-12/h1,4H,2-3,5-7H2,(H,14,17). The highest BCUT2D eigenvalue weighted by molar-refractivity contribution is 9.10. The van der Waals surface area contributed by atoms with Gasteiger partial charge in [-0.2, -0.15) is 0 Å². The summed E-state index contributed by atoms with van der Waals surface area (Å²) < 4.78 is 0.468. The summed E-state index contributed by atoms with van der Waals surface area (Å²) in [5, 5.41) is 0. The maximum absolute atomic E-state index is 12.0. The van der Waals surface area contributed by atoms with Crippen molar-refractivity contribution in [2.24, 2.45) is 5.41 Å². The van der Waals surface area contributed by atoms with Gasteiger partial charge in [-0.15, -0.1) is 0 Å². The Morgan fingerprint density at radius 3 is 2.82 bits per heavy atom. The monoisotopic (exact) mass is 296 g/mol. The number of nitrogens with one attached hydrogen (secondary N) is 1. The average molecular weight is 297 g/mol. The Balaban J connectivity index is 1.68. The highest BCUT2D eigenvalue weighted by atomic mass is 79.9. The zero-order valence-electron chi connectivity index (χ0n) is 9.33. The fourth-order valence-corrected chi connectivity index (χ4v) is 2.73. The first-order valence-electron chi connectivity index (χ1n) is 5.74. The van der Waals surface area contributed by atoms with Gasteiger partial charge in [0.2, 0.25) is 5.91 Å². The summed E-state index contributed by atoms with van der Waals surface area (Å²) in [6.07, 6.45) is 4.42. The van der Waals surface area contributed by atoms with E-state index in [0.717, 1.165) is 18.7 Å². The molecule has 1 aromatic rings. The van der Waals surface area contributed by atoms with Gasteiger partial charge in [-0.3, -0.25) is 9.59 Å². The number of nitrogens with zero attached hydrogens (tertiary/aromatic N) is 1. The van der Waals surface area contributed by atoms with Crippen LogP contribution in [0.2, 0.25) is 0 Å². The van der Waals surface area contributed by atoms with E-state index in [1.807, 2.05) is 4.90 Å². The van der Waals surface area contributed by atoms with Crippen molar-refractivity contribution in [2.45, 2.75) is 19.3 Å². The molecule has 0 radical (unpaired) electrons. The second-order valence-corrected chi connectivity index (χ2v) is 5.87. The summed E-state index contributed by atoms with van der Waals surface area (Å²) in [5.41, 5.74) is 1.06. The number of amides is 1. The molecule has 2 aliphatic rings. The van der Waals surface area contributed by atoms with E-state index in [2.05, 4.69) is 20.9 Å². The summed E-state index contributed by atoms with van der Waals surface area (Å²) in [5.74, 6) is 0.119. The molecule has 2 fully saturated rings. The highest BCUT2D eigenvalue weighted by Gasteiger charge is 2.53. The predicted molar refractivity (Wildman–Crippen MR) is 66.7 cm³/mol. The first kappa shape index (κ1) is 11.0. The lowest BCUT2D eigenvalue weighted by molar-refractivity contribution is -0.137. The van der Waals surface area contributed by atoms with Crippen molar-refractivity contribution in [3.63, 3.8) is 0 Å². The van der Waals surface area contributed by atoms with Gasteiger partial charge in [0, 0.05) is 24.7 Å². The minimum atomic E-state index is -0.183. The van der Waals surface area contributed by atoms with Crippen molar-refractivity contribution in [3.05, 3.63) is 32.7 Å². The Kier molecular flexibility index (Phi) is 2.40. The van der Waals surface area contributed by atoms with E-state index in [-0.39, 0.29) is 11.5 Å². The molecule has 0 aromatic carbocycles. The van der Waals surface area contributed by atoms with Crippen molar-refractivity contribution in [1.82, 2.24) is 9.88 Å². The Labute approximate surface area is 107 Å². The third kappa shape index (κ3) is 1.92. The number of hydrogen-bond acceptors (Lipinski definition) is 2. The fourth-order valence-electron chi connectivity index (χ4n) is 2.34. The molecule has 1 aliphatic heterocycles. The molecule has 90 valence electrons. The third-order valence-electron chi connectivity index (χ3n) is 3.68. The zero-order chi connectivity index (χ0) is 12.0. The van der Waals surface area contributed by atoms with Gasteiger partial charge in [0.15, 0.2) is 0 Å². The number of pyridine rings is 1. The molecule has 2 heterocycles. The molecule has 1 aliphatic carbocycles. The minimum Gasteiger partial charge on any atom is -0.341 e. The molecule has 0 bridgehead atoms. The minimum absolute atomic E-state index is 0.119. The van der Waals surface area contributed by atoms with Crippen molar-refractivity contribution in [1.29, 1.82) is 0 Å². The number of aromatic amines is 1. The molecule has 4 nitrogen and oxygen atoms in total. The van der Waals surface area contributed by atoms with E-state index in [9.17, 15) is 9.59 Å². The molecule has 1 aromatic heterocycles. The molecular weight excluding hydrogens is 284 g/mol. The summed E-state index contributed by atoms with van der Waals surface area (Å²) in [4.78, 5) is 27.8. The molecular formula is C12H13BrN2O2. The lowest BCUT2D eigenvalue weighted by atomic mass is 9.96. The van der Waals surface area contributed by atoms with E-state index < -0.39 is 0 Å². The third-order valence-corrected chi connectivity index (χ3v) is 4.55. The summed E-state index contributed by atoms with van der Waals surface area (Å²) >= 11 is 3.22. The molecule has 1 saturated carbocycles. The second kappa shape index (κ2) is 3.70. The molecule has 3 rings (SSSR count). The number of carbonyl (C=O) groups is 1. The molecule has 1 saturated heterocycles. The smallest absolute Gasteiger partial charge is 0.262 e. The van der Waals surface area contributed by atoms with E-state index in [1.54, 1.807) is 12.3 Å². The summed E-state index contributed by atoms with van der Waals surface area (Å²) in [7, 11) is 0. The number of aromatic nitrogens is 1. The van der Waals surface area contributed by atoms with Crippen LogP contribution in [0.5, 0.6) is 0 Å².